The molecule has 6 heteroatoms. The number of fused-ring (bicyclic) bond motifs is 2. The third-order valence-electron chi connectivity index (χ3n) is 4.57. The third-order valence-corrected chi connectivity index (χ3v) is 4.57. The number of hydrazone groups is 1. The van der Waals surface area contributed by atoms with Crippen molar-refractivity contribution in [1.82, 2.24) is 5.43 Å². The minimum atomic E-state index is -0.491. The Bertz CT molecular complexity index is 582. The summed E-state index contributed by atoms with van der Waals surface area (Å²) in [5.41, 5.74) is 2.83. The Morgan fingerprint density at radius 3 is 2.62 bits per heavy atom. The molecule has 3 atom stereocenters. The van der Waals surface area contributed by atoms with Crippen molar-refractivity contribution in [3.05, 3.63) is 39.9 Å². The summed E-state index contributed by atoms with van der Waals surface area (Å²) in [6.07, 6.45) is 6.95. The topological polar surface area (TPSA) is 84.6 Å². The lowest BCUT2D eigenvalue weighted by molar-refractivity contribution is -0.384. The van der Waals surface area contributed by atoms with Crippen LogP contribution in [0.2, 0.25) is 0 Å². The molecule has 1 aromatic carbocycles. The van der Waals surface area contributed by atoms with Gasteiger partial charge in [-0.2, -0.15) is 5.10 Å². The van der Waals surface area contributed by atoms with Crippen LogP contribution < -0.4 is 5.43 Å². The average molecular weight is 287 g/mol. The summed E-state index contributed by atoms with van der Waals surface area (Å²) in [7, 11) is 0. The highest BCUT2D eigenvalue weighted by Gasteiger charge is 2.38. The van der Waals surface area contributed by atoms with E-state index in [1.165, 1.54) is 49.9 Å². The summed E-state index contributed by atoms with van der Waals surface area (Å²) >= 11 is 0. The monoisotopic (exact) mass is 287 g/mol. The van der Waals surface area contributed by atoms with Crippen molar-refractivity contribution in [2.45, 2.75) is 25.7 Å². The van der Waals surface area contributed by atoms with Gasteiger partial charge in [0.25, 0.3) is 11.6 Å². The average Bonchev–Trinajstić information content (AvgIpc) is 3.10. The number of carbonyl (C=O) groups is 1. The van der Waals surface area contributed by atoms with E-state index < -0.39 is 4.92 Å². The van der Waals surface area contributed by atoms with E-state index in [4.69, 9.17) is 0 Å². The molecule has 2 aliphatic carbocycles. The lowest BCUT2D eigenvalue weighted by Crippen LogP contribution is -2.20. The Hall–Kier alpha value is -2.24. The van der Waals surface area contributed by atoms with Crippen LogP contribution in [-0.4, -0.2) is 17.0 Å². The smallest absolute Gasteiger partial charge is 0.267 e. The fourth-order valence-corrected chi connectivity index (χ4v) is 3.47. The van der Waals surface area contributed by atoms with Gasteiger partial charge in [0, 0.05) is 23.9 Å². The van der Waals surface area contributed by atoms with Gasteiger partial charge in [-0.15, -0.1) is 0 Å². The lowest BCUT2D eigenvalue weighted by Gasteiger charge is -2.16. The first-order valence-electron chi connectivity index (χ1n) is 7.21. The van der Waals surface area contributed by atoms with Gasteiger partial charge in [0.1, 0.15) is 0 Å². The summed E-state index contributed by atoms with van der Waals surface area (Å²) in [6.45, 7) is 0. The molecule has 1 amide bonds. The maximum absolute atomic E-state index is 11.9. The number of hydrogen-bond acceptors (Lipinski definition) is 4. The van der Waals surface area contributed by atoms with Gasteiger partial charge in [0.2, 0.25) is 0 Å². The number of nitro benzene ring substituents is 1. The Morgan fingerprint density at radius 2 is 2.05 bits per heavy atom. The SMILES string of the molecule is O=C(N/N=C\[C@H]1C[C@H]2CC[C@H]1C2)c1ccc([N+](=O)[O-])cc1. The molecule has 3 rings (SSSR count). The maximum Gasteiger partial charge on any atom is 0.271 e. The summed E-state index contributed by atoms with van der Waals surface area (Å²) in [6, 6.07) is 5.49. The zero-order valence-corrected chi connectivity index (χ0v) is 11.6. The predicted molar refractivity (Wildman–Crippen MR) is 78.0 cm³/mol. The standard InChI is InChI=1S/C15H17N3O3/c19-15(11-3-5-14(6-4-11)18(20)21)17-16-9-13-8-10-1-2-12(13)7-10/h3-6,9-10,12-13H,1-2,7-8H2,(H,17,19)/b16-9-/t10-,12-,13+/m0/s1. The lowest BCUT2D eigenvalue weighted by atomic mass is 9.90. The van der Waals surface area contributed by atoms with Crippen molar-refractivity contribution in [3.8, 4) is 0 Å². The Morgan fingerprint density at radius 1 is 1.29 bits per heavy atom. The first-order valence-corrected chi connectivity index (χ1v) is 7.21. The Labute approximate surface area is 122 Å². The third kappa shape index (κ3) is 2.94. The van der Waals surface area contributed by atoms with Gasteiger partial charge < -0.3 is 0 Å². The fourth-order valence-electron chi connectivity index (χ4n) is 3.47. The van der Waals surface area contributed by atoms with Crippen molar-refractivity contribution in [2.24, 2.45) is 22.9 Å². The number of carbonyl (C=O) groups excluding carboxylic acids is 1. The van der Waals surface area contributed by atoms with E-state index in [-0.39, 0.29) is 11.6 Å². The maximum atomic E-state index is 11.9. The zero-order chi connectivity index (χ0) is 14.8. The van der Waals surface area contributed by atoms with Crippen LogP contribution in [0.3, 0.4) is 0 Å². The fraction of sp³-hybridized carbons (Fsp3) is 0.467. The van der Waals surface area contributed by atoms with Crippen molar-refractivity contribution in [3.63, 3.8) is 0 Å². The van der Waals surface area contributed by atoms with E-state index in [1.807, 2.05) is 6.21 Å². The van der Waals surface area contributed by atoms with Crippen molar-refractivity contribution in [2.75, 3.05) is 0 Å². The highest BCUT2D eigenvalue weighted by atomic mass is 16.6. The summed E-state index contributed by atoms with van der Waals surface area (Å²) < 4.78 is 0. The number of hydrogen-bond donors (Lipinski definition) is 1. The molecule has 2 fully saturated rings. The minimum absolute atomic E-state index is 0.0305. The molecule has 1 N–H and O–H groups in total. The van der Waals surface area contributed by atoms with Crippen molar-refractivity contribution >= 4 is 17.8 Å². The first-order chi connectivity index (χ1) is 10.1. The highest BCUT2D eigenvalue weighted by Crippen LogP contribution is 2.47. The molecule has 0 spiro atoms. The van der Waals surface area contributed by atoms with Crippen molar-refractivity contribution < 1.29 is 9.72 Å². The molecule has 2 aliphatic rings. The molecule has 0 radical (unpaired) electrons. The van der Waals surface area contributed by atoms with Gasteiger partial charge in [-0.05, 0) is 49.1 Å². The van der Waals surface area contributed by atoms with Crippen LogP contribution in [0, 0.1) is 27.9 Å². The number of rotatable bonds is 4. The van der Waals surface area contributed by atoms with Gasteiger partial charge in [-0.1, -0.05) is 6.42 Å². The second kappa shape index (κ2) is 5.63. The molecule has 0 unspecified atom stereocenters. The van der Waals surface area contributed by atoms with Crippen LogP contribution in [0.1, 0.15) is 36.0 Å². The highest BCUT2D eigenvalue weighted by molar-refractivity contribution is 5.94. The van der Waals surface area contributed by atoms with E-state index in [2.05, 4.69) is 10.5 Å². The van der Waals surface area contributed by atoms with Gasteiger partial charge in [-0.3, -0.25) is 14.9 Å². The Kier molecular flexibility index (Phi) is 3.68. The van der Waals surface area contributed by atoms with Crippen LogP contribution >= 0.6 is 0 Å². The molecule has 21 heavy (non-hydrogen) atoms. The molecule has 110 valence electrons. The minimum Gasteiger partial charge on any atom is -0.267 e. The van der Waals surface area contributed by atoms with Crippen LogP contribution in [0.25, 0.3) is 0 Å². The number of nitro groups is 1. The molecule has 0 aromatic heterocycles. The molecule has 0 aliphatic heterocycles. The second-order valence-corrected chi connectivity index (χ2v) is 5.86. The van der Waals surface area contributed by atoms with Gasteiger partial charge in [-0.25, -0.2) is 5.43 Å². The van der Waals surface area contributed by atoms with Crippen LogP contribution in [0.4, 0.5) is 5.69 Å². The predicted octanol–water partition coefficient (Wildman–Crippen LogP) is 2.75. The number of amides is 1. The van der Waals surface area contributed by atoms with Gasteiger partial charge >= 0.3 is 0 Å². The number of benzene rings is 1. The normalized spacial score (nSPS) is 27.1. The van der Waals surface area contributed by atoms with E-state index in [9.17, 15) is 14.9 Å². The number of nitrogens with zero attached hydrogens (tertiary/aromatic N) is 2. The van der Waals surface area contributed by atoms with Crippen LogP contribution in [0.5, 0.6) is 0 Å². The van der Waals surface area contributed by atoms with E-state index in [0.717, 1.165) is 11.8 Å². The van der Waals surface area contributed by atoms with E-state index in [1.54, 1.807) is 0 Å². The van der Waals surface area contributed by atoms with E-state index >= 15 is 0 Å². The molecular weight excluding hydrogens is 270 g/mol. The van der Waals surface area contributed by atoms with Crippen molar-refractivity contribution in [1.29, 1.82) is 0 Å². The summed E-state index contributed by atoms with van der Waals surface area (Å²) in [4.78, 5) is 21.9. The number of non-ortho nitro benzene ring substituents is 1. The number of nitrogens with one attached hydrogen (secondary N) is 1. The van der Waals surface area contributed by atoms with Crippen LogP contribution in [0.15, 0.2) is 29.4 Å². The van der Waals surface area contributed by atoms with E-state index in [0.29, 0.717) is 11.5 Å². The molecule has 2 saturated carbocycles. The molecule has 1 aromatic rings. The first kappa shape index (κ1) is 13.7. The summed E-state index contributed by atoms with van der Waals surface area (Å²) in [5, 5.41) is 14.6. The molecular formula is C15H17N3O3. The quantitative estimate of drug-likeness (QED) is 0.525. The summed E-state index contributed by atoms with van der Waals surface area (Å²) in [5.74, 6) is 1.72. The zero-order valence-electron chi connectivity index (χ0n) is 11.6. The van der Waals surface area contributed by atoms with Gasteiger partial charge in [0.05, 0.1) is 4.92 Å². The molecule has 0 saturated heterocycles. The molecule has 2 bridgehead atoms. The Balaban J connectivity index is 1.55. The van der Waals surface area contributed by atoms with Gasteiger partial charge in [0.15, 0.2) is 0 Å². The largest absolute Gasteiger partial charge is 0.271 e. The molecule has 6 nitrogen and oxygen atoms in total. The second-order valence-electron chi connectivity index (χ2n) is 5.86. The van der Waals surface area contributed by atoms with Crippen LogP contribution in [-0.2, 0) is 0 Å². The molecule has 0 heterocycles.